The maximum Gasteiger partial charge on any atom is 0.416 e. The molecule has 2 N–H and O–H groups in total. The molecular formula is C19H15F3N4O2. The van der Waals surface area contributed by atoms with E-state index in [-0.39, 0.29) is 11.5 Å². The second kappa shape index (κ2) is 7.95. The molecule has 0 fully saturated rings. The molecule has 0 bridgehead atoms. The molecule has 28 heavy (non-hydrogen) atoms. The highest BCUT2D eigenvalue weighted by Crippen LogP contribution is 2.29. The van der Waals surface area contributed by atoms with Gasteiger partial charge >= 0.3 is 6.18 Å². The number of hydrazone groups is 1. The molecular weight excluding hydrogens is 373 g/mol. The highest BCUT2D eigenvalue weighted by atomic mass is 19.4. The third kappa shape index (κ3) is 4.76. The zero-order valence-electron chi connectivity index (χ0n) is 14.6. The number of nitrogens with zero attached hydrogens (tertiary/aromatic N) is 2. The van der Waals surface area contributed by atoms with E-state index in [1.165, 1.54) is 24.4 Å². The minimum absolute atomic E-state index is 0.0570. The number of aromatic amines is 1. The summed E-state index contributed by atoms with van der Waals surface area (Å²) in [5.41, 5.74) is 2.69. The third-order valence-electron chi connectivity index (χ3n) is 3.73. The van der Waals surface area contributed by atoms with Crippen molar-refractivity contribution in [1.29, 1.82) is 0 Å². The van der Waals surface area contributed by atoms with Crippen LogP contribution in [0.5, 0.6) is 5.75 Å². The average Bonchev–Trinajstić information content (AvgIpc) is 2.67. The minimum Gasteiger partial charge on any atom is -0.497 e. The molecule has 0 unspecified atom stereocenters. The van der Waals surface area contributed by atoms with Gasteiger partial charge in [0.25, 0.3) is 5.56 Å². The fraction of sp³-hybridized carbons (Fsp3) is 0.105. The Morgan fingerprint density at radius 3 is 2.57 bits per heavy atom. The number of anilines is 1. The largest absolute Gasteiger partial charge is 0.497 e. The van der Waals surface area contributed by atoms with Crippen molar-refractivity contribution in [3.05, 3.63) is 76.1 Å². The highest BCUT2D eigenvalue weighted by Gasteiger charge is 2.30. The van der Waals surface area contributed by atoms with E-state index >= 15 is 0 Å². The van der Waals surface area contributed by atoms with Crippen molar-refractivity contribution in [2.45, 2.75) is 6.18 Å². The highest BCUT2D eigenvalue weighted by molar-refractivity contribution is 5.80. The number of rotatable bonds is 5. The molecule has 3 rings (SSSR count). The lowest BCUT2D eigenvalue weighted by Crippen LogP contribution is -2.10. The van der Waals surface area contributed by atoms with Gasteiger partial charge in [0, 0.05) is 11.6 Å². The number of hydrogen-bond donors (Lipinski definition) is 2. The summed E-state index contributed by atoms with van der Waals surface area (Å²) >= 11 is 0. The second-order valence-electron chi connectivity index (χ2n) is 5.70. The molecule has 2 aromatic carbocycles. The molecule has 144 valence electrons. The van der Waals surface area contributed by atoms with E-state index in [2.05, 4.69) is 20.5 Å². The van der Waals surface area contributed by atoms with E-state index in [9.17, 15) is 18.0 Å². The molecule has 0 saturated heterocycles. The van der Waals surface area contributed by atoms with Crippen LogP contribution in [0.3, 0.4) is 0 Å². The monoisotopic (exact) mass is 388 g/mol. The van der Waals surface area contributed by atoms with E-state index in [0.717, 1.165) is 12.1 Å². The Labute approximate surface area is 157 Å². The lowest BCUT2D eigenvalue weighted by Gasteiger charge is -2.07. The van der Waals surface area contributed by atoms with Crippen LogP contribution in [0.15, 0.2) is 64.5 Å². The van der Waals surface area contributed by atoms with Crippen LogP contribution >= 0.6 is 0 Å². The molecule has 1 aromatic heterocycles. The molecule has 6 nitrogen and oxygen atoms in total. The summed E-state index contributed by atoms with van der Waals surface area (Å²) in [4.78, 5) is 18.6. The zero-order valence-corrected chi connectivity index (χ0v) is 14.6. The Balaban J connectivity index is 1.78. The number of hydrogen-bond acceptors (Lipinski definition) is 5. The average molecular weight is 388 g/mol. The first-order valence-corrected chi connectivity index (χ1v) is 8.07. The smallest absolute Gasteiger partial charge is 0.416 e. The van der Waals surface area contributed by atoms with Gasteiger partial charge in [-0.15, -0.1) is 0 Å². The summed E-state index contributed by atoms with van der Waals surface area (Å²) in [7, 11) is 1.55. The van der Waals surface area contributed by atoms with E-state index < -0.39 is 17.3 Å². The molecule has 1 heterocycles. The SMILES string of the molecule is COc1ccc(-c2cc(=O)[nH]c(N/N=C\c3cccc(C(F)(F)F)c3)n2)cc1. The van der Waals surface area contributed by atoms with E-state index in [1.54, 1.807) is 31.4 Å². The molecule has 0 atom stereocenters. The Morgan fingerprint density at radius 2 is 1.89 bits per heavy atom. The van der Waals surface area contributed by atoms with Crippen molar-refractivity contribution in [3.63, 3.8) is 0 Å². The Morgan fingerprint density at radius 1 is 1.14 bits per heavy atom. The van der Waals surface area contributed by atoms with Crippen molar-refractivity contribution in [1.82, 2.24) is 9.97 Å². The Kier molecular flexibility index (Phi) is 5.44. The summed E-state index contributed by atoms with van der Waals surface area (Å²) in [5, 5.41) is 3.84. The van der Waals surface area contributed by atoms with Gasteiger partial charge in [-0.2, -0.15) is 18.3 Å². The maximum absolute atomic E-state index is 12.7. The van der Waals surface area contributed by atoms with Crippen LogP contribution in [-0.4, -0.2) is 23.3 Å². The quantitative estimate of drug-likeness (QED) is 0.513. The molecule has 0 aliphatic heterocycles. The molecule has 0 aliphatic rings. The first-order chi connectivity index (χ1) is 13.3. The van der Waals surface area contributed by atoms with Crippen LogP contribution in [0.2, 0.25) is 0 Å². The van der Waals surface area contributed by atoms with E-state index in [4.69, 9.17) is 4.74 Å². The summed E-state index contributed by atoms with van der Waals surface area (Å²) in [6, 6.07) is 13.0. The lowest BCUT2D eigenvalue weighted by atomic mass is 10.1. The molecule has 0 aliphatic carbocycles. The van der Waals surface area contributed by atoms with Crippen LogP contribution in [0.25, 0.3) is 11.3 Å². The predicted octanol–water partition coefficient (Wildman–Crippen LogP) is 3.91. The van der Waals surface area contributed by atoms with Crippen molar-refractivity contribution in [2.24, 2.45) is 5.10 Å². The summed E-state index contributed by atoms with van der Waals surface area (Å²) < 4.78 is 43.3. The van der Waals surface area contributed by atoms with Crippen LogP contribution in [0.4, 0.5) is 19.1 Å². The number of halogens is 3. The number of nitrogens with one attached hydrogen (secondary N) is 2. The van der Waals surface area contributed by atoms with Gasteiger partial charge in [0.15, 0.2) is 0 Å². The van der Waals surface area contributed by atoms with Crippen LogP contribution in [-0.2, 0) is 6.18 Å². The van der Waals surface area contributed by atoms with Gasteiger partial charge in [0.2, 0.25) is 5.95 Å². The van der Waals surface area contributed by atoms with Crippen molar-refractivity contribution < 1.29 is 17.9 Å². The maximum atomic E-state index is 12.7. The van der Waals surface area contributed by atoms with Gasteiger partial charge in [0.1, 0.15) is 5.75 Å². The molecule has 0 amide bonds. The number of alkyl halides is 3. The van der Waals surface area contributed by atoms with Crippen LogP contribution < -0.4 is 15.7 Å². The van der Waals surface area contributed by atoms with Crippen molar-refractivity contribution >= 4 is 12.2 Å². The Bertz CT molecular complexity index is 1040. The first kappa shape index (κ1) is 19.2. The van der Waals surface area contributed by atoms with Gasteiger partial charge < -0.3 is 4.74 Å². The van der Waals surface area contributed by atoms with E-state index in [0.29, 0.717) is 17.0 Å². The third-order valence-corrected chi connectivity index (χ3v) is 3.73. The minimum atomic E-state index is -4.43. The first-order valence-electron chi connectivity index (χ1n) is 8.07. The number of methoxy groups -OCH3 is 1. The number of benzene rings is 2. The number of ether oxygens (including phenoxy) is 1. The van der Waals surface area contributed by atoms with Gasteiger partial charge in [0.05, 0.1) is 24.6 Å². The van der Waals surface area contributed by atoms with Gasteiger partial charge in [-0.1, -0.05) is 12.1 Å². The fourth-order valence-electron chi connectivity index (χ4n) is 2.38. The van der Waals surface area contributed by atoms with Crippen molar-refractivity contribution in [2.75, 3.05) is 12.5 Å². The fourth-order valence-corrected chi connectivity index (χ4v) is 2.38. The van der Waals surface area contributed by atoms with E-state index in [1.807, 2.05) is 0 Å². The van der Waals surface area contributed by atoms with Gasteiger partial charge in [-0.3, -0.25) is 9.78 Å². The van der Waals surface area contributed by atoms with Gasteiger partial charge in [-0.25, -0.2) is 10.4 Å². The van der Waals surface area contributed by atoms with Crippen LogP contribution in [0, 0.1) is 0 Å². The predicted molar refractivity (Wildman–Crippen MR) is 99.5 cm³/mol. The normalized spacial score (nSPS) is 11.6. The number of H-pyrrole nitrogens is 1. The Hall–Kier alpha value is -3.62. The van der Waals surface area contributed by atoms with Gasteiger partial charge in [-0.05, 0) is 42.0 Å². The molecule has 0 radical (unpaired) electrons. The standard InChI is InChI=1S/C19H15F3N4O2/c1-28-15-7-5-13(6-8-15)16-10-17(27)25-18(24-16)26-23-11-12-3-2-4-14(9-12)19(20,21)22/h2-11H,1H3,(H2,24,25,26,27)/b23-11-. The second-order valence-corrected chi connectivity index (χ2v) is 5.70. The summed E-state index contributed by atoms with van der Waals surface area (Å²) in [6.07, 6.45) is -3.23. The topological polar surface area (TPSA) is 79.4 Å². The lowest BCUT2D eigenvalue weighted by molar-refractivity contribution is -0.137. The zero-order chi connectivity index (χ0) is 20.1. The summed E-state index contributed by atoms with van der Waals surface area (Å²) in [6.45, 7) is 0. The summed E-state index contributed by atoms with van der Waals surface area (Å²) in [5.74, 6) is 0.721. The van der Waals surface area contributed by atoms with Crippen LogP contribution in [0.1, 0.15) is 11.1 Å². The molecule has 0 saturated carbocycles. The molecule has 9 heteroatoms. The number of aromatic nitrogens is 2. The molecule has 3 aromatic rings. The van der Waals surface area contributed by atoms with Crippen molar-refractivity contribution in [3.8, 4) is 17.0 Å². The molecule has 0 spiro atoms.